The minimum Gasteiger partial charge on any atom is -0.497 e. The van der Waals surface area contributed by atoms with E-state index in [1.807, 2.05) is 19.1 Å². The van der Waals surface area contributed by atoms with Gasteiger partial charge in [0.05, 0.1) is 13.7 Å². The van der Waals surface area contributed by atoms with Crippen LogP contribution in [0.5, 0.6) is 5.75 Å². The van der Waals surface area contributed by atoms with Gasteiger partial charge < -0.3 is 9.47 Å². The van der Waals surface area contributed by atoms with Crippen molar-refractivity contribution in [1.29, 1.82) is 0 Å². The van der Waals surface area contributed by atoms with Crippen molar-refractivity contribution in [2.75, 3.05) is 20.3 Å². The molecule has 0 N–H and O–H groups in total. The molecule has 2 nitrogen and oxygen atoms in total. The van der Waals surface area contributed by atoms with Crippen molar-refractivity contribution in [1.82, 2.24) is 0 Å². The second-order valence-corrected chi connectivity index (χ2v) is 2.79. The summed E-state index contributed by atoms with van der Waals surface area (Å²) < 4.78 is 10.3. The molecule has 0 fully saturated rings. The molecular formula is C11H16O2. The Morgan fingerprint density at radius 2 is 1.85 bits per heavy atom. The van der Waals surface area contributed by atoms with E-state index in [1.54, 1.807) is 7.11 Å². The maximum Gasteiger partial charge on any atom is 0.118 e. The maximum absolute atomic E-state index is 5.26. The Kier molecular flexibility index (Phi) is 4.33. The van der Waals surface area contributed by atoms with Gasteiger partial charge in [0, 0.05) is 6.61 Å². The molecule has 1 rings (SSSR count). The molecular weight excluding hydrogens is 164 g/mol. The van der Waals surface area contributed by atoms with E-state index in [0.717, 1.165) is 25.4 Å². The van der Waals surface area contributed by atoms with E-state index in [-0.39, 0.29) is 0 Å². The Labute approximate surface area is 79.5 Å². The van der Waals surface area contributed by atoms with Crippen LogP contribution in [0.25, 0.3) is 0 Å². The number of methoxy groups -OCH3 is 1. The third kappa shape index (κ3) is 3.47. The quantitative estimate of drug-likeness (QED) is 0.647. The van der Waals surface area contributed by atoms with E-state index >= 15 is 0 Å². The highest BCUT2D eigenvalue weighted by Gasteiger charge is 1.93. The zero-order valence-electron chi connectivity index (χ0n) is 8.25. The fourth-order valence-electron chi connectivity index (χ4n) is 1.13. The Bertz CT molecular complexity index is 228. The van der Waals surface area contributed by atoms with Crippen LogP contribution in [0.15, 0.2) is 24.3 Å². The van der Waals surface area contributed by atoms with Gasteiger partial charge in [-0.1, -0.05) is 12.1 Å². The van der Waals surface area contributed by atoms with Gasteiger partial charge in [0.2, 0.25) is 0 Å². The number of rotatable bonds is 5. The second-order valence-electron chi connectivity index (χ2n) is 2.79. The topological polar surface area (TPSA) is 18.5 Å². The molecule has 1 aromatic carbocycles. The SMILES string of the molecule is CCOCCc1ccc(OC)cc1. The van der Waals surface area contributed by atoms with Gasteiger partial charge in [0.25, 0.3) is 0 Å². The smallest absolute Gasteiger partial charge is 0.118 e. The molecule has 0 saturated carbocycles. The summed E-state index contributed by atoms with van der Waals surface area (Å²) in [6.45, 7) is 3.59. The molecule has 2 heteroatoms. The van der Waals surface area contributed by atoms with Gasteiger partial charge >= 0.3 is 0 Å². The van der Waals surface area contributed by atoms with Gasteiger partial charge in [-0.2, -0.15) is 0 Å². The largest absolute Gasteiger partial charge is 0.497 e. The number of hydrogen-bond donors (Lipinski definition) is 0. The van der Waals surface area contributed by atoms with Crippen molar-refractivity contribution in [2.45, 2.75) is 13.3 Å². The third-order valence-corrected chi connectivity index (χ3v) is 1.90. The van der Waals surface area contributed by atoms with E-state index in [2.05, 4.69) is 12.1 Å². The normalized spacial score (nSPS) is 10.0. The first-order chi connectivity index (χ1) is 6.36. The van der Waals surface area contributed by atoms with Gasteiger partial charge in [-0.05, 0) is 31.0 Å². The summed E-state index contributed by atoms with van der Waals surface area (Å²) in [5.41, 5.74) is 1.29. The Hall–Kier alpha value is -1.02. The average Bonchev–Trinajstić information content (AvgIpc) is 2.19. The molecule has 13 heavy (non-hydrogen) atoms. The van der Waals surface area contributed by atoms with Crippen LogP contribution >= 0.6 is 0 Å². The Morgan fingerprint density at radius 1 is 1.15 bits per heavy atom. The predicted octanol–water partition coefficient (Wildman–Crippen LogP) is 2.27. The molecule has 0 unspecified atom stereocenters. The minimum absolute atomic E-state index is 0.788. The highest BCUT2D eigenvalue weighted by molar-refractivity contribution is 5.27. The van der Waals surface area contributed by atoms with Crippen molar-refractivity contribution in [3.63, 3.8) is 0 Å². The third-order valence-electron chi connectivity index (χ3n) is 1.90. The van der Waals surface area contributed by atoms with Crippen molar-refractivity contribution < 1.29 is 9.47 Å². The van der Waals surface area contributed by atoms with Crippen LogP contribution in [-0.4, -0.2) is 20.3 Å². The lowest BCUT2D eigenvalue weighted by molar-refractivity contribution is 0.151. The molecule has 0 aliphatic heterocycles. The molecule has 0 spiro atoms. The van der Waals surface area contributed by atoms with E-state index in [9.17, 15) is 0 Å². The summed E-state index contributed by atoms with van der Waals surface area (Å²) >= 11 is 0. The van der Waals surface area contributed by atoms with Crippen LogP contribution < -0.4 is 4.74 Å². The van der Waals surface area contributed by atoms with E-state index in [1.165, 1.54) is 5.56 Å². The highest BCUT2D eigenvalue weighted by Crippen LogP contribution is 2.11. The van der Waals surface area contributed by atoms with Crippen LogP contribution in [0.2, 0.25) is 0 Å². The van der Waals surface area contributed by atoms with Crippen LogP contribution in [0.1, 0.15) is 12.5 Å². The molecule has 0 radical (unpaired) electrons. The fourth-order valence-corrected chi connectivity index (χ4v) is 1.13. The van der Waals surface area contributed by atoms with Gasteiger partial charge in [0.1, 0.15) is 5.75 Å². The van der Waals surface area contributed by atoms with Gasteiger partial charge in [-0.25, -0.2) is 0 Å². The van der Waals surface area contributed by atoms with Crippen LogP contribution in [-0.2, 0) is 11.2 Å². The highest BCUT2D eigenvalue weighted by atomic mass is 16.5. The lowest BCUT2D eigenvalue weighted by Crippen LogP contribution is -1.97. The molecule has 1 aromatic rings. The van der Waals surface area contributed by atoms with E-state index in [0.29, 0.717) is 0 Å². The minimum atomic E-state index is 0.788. The summed E-state index contributed by atoms with van der Waals surface area (Å²) in [7, 11) is 1.68. The second kappa shape index (κ2) is 5.60. The van der Waals surface area contributed by atoms with Crippen molar-refractivity contribution in [2.24, 2.45) is 0 Å². The number of hydrogen-bond acceptors (Lipinski definition) is 2. The van der Waals surface area contributed by atoms with E-state index < -0.39 is 0 Å². The summed E-state index contributed by atoms with van der Waals surface area (Å²) in [4.78, 5) is 0. The standard InChI is InChI=1S/C11H16O2/c1-3-13-9-8-10-4-6-11(12-2)7-5-10/h4-7H,3,8-9H2,1-2H3. The molecule has 0 amide bonds. The molecule has 72 valence electrons. The zero-order valence-corrected chi connectivity index (χ0v) is 8.25. The van der Waals surface area contributed by atoms with Gasteiger partial charge in [-0.3, -0.25) is 0 Å². The van der Waals surface area contributed by atoms with Gasteiger partial charge in [0.15, 0.2) is 0 Å². The summed E-state index contributed by atoms with van der Waals surface area (Å²) in [6, 6.07) is 8.08. The summed E-state index contributed by atoms with van der Waals surface area (Å²) in [5.74, 6) is 0.903. The van der Waals surface area contributed by atoms with Gasteiger partial charge in [-0.15, -0.1) is 0 Å². The average molecular weight is 180 g/mol. The zero-order chi connectivity index (χ0) is 9.52. The summed E-state index contributed by atoms with van der Waals surface area (Å²) in [6.07, 6.45) is 0.970. The molecule has 0 aliphatic rings. The molecule has 0 aliphatic carbocycles. The molecule has 0 heterocycles. The van der Waals surface area contributed by atoms with Crippen molar-refractivity contribution in [3.8, 4) is 5.75 Å². The first-order valence-electron chi connectivity index (χ1n) is 4.57. The van der Waals surface area contributed by atoms with Crippen LogP contribution in [0.4, 0.5) is 0 Å². The molecule has 0 atom stereocenters. The molecule has 0 aromatic heterocycles. The van der Waals surface area contributed by atoms with Crippen molar-refractivity contribution in [3.05, 3.63) is 29.8 Å². The first-order valence-corrected chi connectivity index (χ1v) is 4.57. The number of ether oxygens (including phenoxy) is 2. The van der Waals surface area contributed by atoms with Crippen LogP contribution in [0, 0.1) is 0 Å². The lowest BCUT2D eigenvalue weighted by Gasteiger charge is -2.03. The fraction of sp³-hybridized carbons (Fsp3) is 0.455. The predicted molar refractivity (Wildman–Crippen MR) is 53.2 cm³/mol. The Morgan fingerprint density at radius 3 is 2.38 bits per heavy atom. The van der Waals surface area contributed by atoms with Crippen LogP contribution in [0.3, 0.4) is 0 Å². The molecule has 0 saturated heterocycles. The number of benzene rings is 1. The first kappa shape index (κ1) is 10.1. The Balaban J connectivity index is 2.40. The van der Waals surface area contributed by atoms with Crippen molar-refractivity contribution >= 4 is 0 Å². The lowest BCUT2D eigenvalue weighted by atomic mass is 10.1. The maximum atomic E-state index is 5.26. The van der Waals surface area contributed by atoms with E-state index in [4.69, 9.17) is 9.47 Å². The molecule has 0 bridgehead atoms. The monoisotopic (exact) mass is 180 g/mol. The summed E-state index contributed by atoms with van der Waals surface area (Å²) in [5, 5.41) is 0.